The van der Waals surface area contributed by atoms with E-state index in [1.165, 1.54) is 0 Å². The van der Waals surface area contributed by atoms with E-state index in [-0.39, 0.29) is 5.91 Å². The summed E-state index contributed by atoms with van der Waals surface area (Å²) in [7, 11) is 1.70. The lowest BCUT2D eigenvalue weighted by Gasteiger charge is -2.18. The molecule has 0 aliphatic rings. The number of aliphatic hydroxyl groups is 1. The van der Waals surface area contributed by atoms with E-state index in [0.717, 1.165) is 11.4 Å². The van der Waals surface area contributed by atoms with Crippen molar-refractivity contribution in [3.63, 3.8) is 0 Å². The molecule has 0 aliphatic carbocycles. The van der Waals surface area contributed by atoms with Crippen LogP contribution < -0.4 is 0 Å². The highest BCUT2D eigenvalue weighted by Crippen LogP contribution is 2.04. The Balaban J connectivity index is 2.45. The molecule has 0 radical (unpaired) electrons. The van der Waals surface area contributed by atoms with Gasteiger partial charge in [-0.2, -0.15) is 5.10 Å². The van der Waals surface area contributed by atoms with Crippen LogP contribution in [-0.4, -0.2) is 45.4 Å². The van der Waals surface area contributed by atoms with Crippen molar-refractivity contribution in [3.05, 3.63) is 17.5 Å². The Morgan fingerprint density at radius 1 is 1.59 bits per heavy atom. The first-order valence-corrected chi connectivity index (χ1v) is 5.83. The highest BCUT2D eigenvalue weighted by molar-refractivity contribution is 5.75. The van der Waals surface area contributed by atoms with Crippen LogP contribution in [0.25, 0.3) is 0 Å². The largest absolute Gasteiger partial charge is 0.392 e. The number of aromatic nitrogens is 2. The van der Waals surface area contributed by atoms with Crippen molar-refractivity contribution < 1.29 is 9.90 Å². The summed E-state index contributed by atoms with van der Waals surface area (Å²) in [4.78, 5) is 13.3. The van der Waals surface area contributed by atoms with Gasteiger partial charge in [0.1, 0.15) is 0 Å². The average Bonchev–Trinajstić information content (AvgIpc) is 2.52. The second kappa shape index (κ2) is 5.82. The van der Waals surface area contributed by atoms with E-state index in [0.29, 0.717) is 19.5 Å². The summed E-state index contributed by atoms with van der Waals surface area (Å²) in [6.07, 6.45) is -0.0804. The number of amides is 1. The molecule has 1 amide bonds. The van der Waals surface area contributed by atoms with Gasteiger partial charge in [0.15, 0.2) is 0 Å². The van der Waals surface area contributed by atoms with Gasteiger partial charge in [0.05, 0.1) is 11.8 Å². The normalized spacial score (nSPS) is 12.5. The van der Waals surface area contributed by atoms with Crippen LogP contribution in [0.1, 0.15) is 24.7 Å². The van der Waals surface area contributed by atoms with Crippen LogP contribution in [0.2, 0.25) is 0 Å². The monoisotopic (exact) mass is 239 g/mol. The van der Waals surface area contributed by atoms with Gasteiger partial charge in [-0.05, 0) is 26.8 Å². The molecule has 96 valence electrons. The molecule has 0 bridgehead atoms. The predicted molar refractivity (Wildman–Crippen MR) is 65.6 cm³/mol. The molecule has 1 heterocycles. The zero-order valence-corrected chi connectivity index (χ0v) is 11.0. The number of aliphatic hydroxyl groups excluding tert-OH is 1. The summed E-state index contributed by atoms with van der Waals surface area (Å²) >= 11 is 0. The number of carbonyl (C=O) groups is 1. The third-order valence-electron chi connectivity index (χ3n) is 2.60. The molecular formula is C12H21N3O2. The maximum atomic E-state index is 11.7. The first-order valence-electron chi connectivity index (χ1n) is 5.83. The maximum Gasteiger partial charge on any atom is 0.224 e. The number of nitrogens with zero attached hydrogens (tertiary/aromatic N) is 3. The van der Waals surface area contributed by atoms with E-state index >= 15 is 0 Å². The average molecular weight is 239 g/mol. The lowest BCUT2D eigenvalue weighted by atomic mass is 10.3. The molecule has 0 aromatic carbocycles. The van der Waals surface area contributed by atoms with E-state index in [1.807, 2.05) is 24.6 Å². The second-order valence-electron chi connectivity index (χ2n) is 4.52. The number of likely N-dealkylation sites (N-methyl/N-ethyl adjacent to an activating group) is 1. The lowest BCUT2D eigenvalue weighted by Crippen LogP contribution is -2.33. The number of carbonyl (C=O) groups excluding carboxylic acids is 1. The summed E-state index contributed by atoms with van der Waals surface area (Å²) < 4.78 is 1.84. The van der Waals surface area contributed by atoms with E-state index in [2.05, 4.69) is 5.10 Å². The Kier molecular flexibility index (Phi) is 4.69. The molecule has 1 atom stereocenters. The Morgan fingerprint density at radius 2 is 2.24 bits per heavy atom. The molecular weight excluding hydrogens is 218 g/mol. The van der Waals surface area contributed by atoms with Crippen molar-refractivity contribution in [2.45, 2.75) is 39.8 Å². The van der Waals surface area contributed by atoms with Gasteiger partial charge in [-0.3, -0.25) is 9.48 Å². The fourth-order valence-corrected chi connectivity index (χ4v) is 1.79. The number of aryl methyl sites for hydroxylation is 3. The van der Waals surface area contributed by atoms with Crippen molar-refractivity contribution in [1.29, 1.82) is 0 Å². The van der Waals surface area contributed by atoms with Gasteiger partial charge in [0.2, 0.25) is 5.91 Å². The summed E-state index contributed by atoms with van der Waals surface area (Å²) in [5.74, 6) is 0.0263. The van der Waals surface area contributed by atoms with Gasteiger partial charge in [0.25, 0.3) is 0 Å². The minimum atomic E-state index is -0.488. The van der Waals surface area contributed by atoms with Crippen LogP contribution in [0.4, 0.5) is 0 Å². The minimum Gasteiger partial charge on any atom is -0.392 e. The smallest absolute Gasteiger partial charge is 0.224 e. The molecule has 0 saturated heterocycles. The standard InChI is InChI=1S/C12H21N3O2/c1-9-7-10(2)15(13-9)6-5-12(17)14(4)8-11(3)16/h7,11,16H,5-6,8H2,1-4H3. The number of rotatable bonds is 5. The second-order valence-corrected chi connectivity index (χ2v) is 4.52. The van der Waals surface area contributed by atoms with Crippen LogP contribution in [0.15, 0.2) is 6.07 Å². The number of hydrogen-bond donors (Lipinski definition) is 1. The summed E-state index contributed by atoms with van der Waals surface area (Å²) in [6.45, 7) is 6.54. The molecule has 5 heteroatoms. The van der Waals surface area contributed by atoms with E-state index in [4.69, 9.17) is 0 Å². The predicted octanol–water partition coefficient (Wildman–Crippen LogP) is 0.729. The fourth-order valence-electron chi connectivity index (χ4n) is 1.79. The van der Waals surface area contributed by atoms with E-state index in [1.54, 1.807) is 18.9 Å². The summed E-state index contributed by atoms with van der Waals surface area (Å²) in [5.41, 5.74) is 2.03. The summed E-state index contributed by atoms with van der Waals surface area (Å²) in [5, 5.41) is 13.5. The van der Waals surface area contributed by atoms with Crippen LogP contribution >= 0.6 is 0 Å². The molecule has 0 saturated carbocycles. The van der Waals surface area contributed by atoms with Crippen molar-refractivity contribution in [2.75, 3.05) is 13.6 Å². The zero-order valence-electron chi connectivity index (χ0n) is 11.0. The topological polar surface area (TPSA) is 58.4 Å². The molecule has 1 rings (SSSR count). The van der Waals surface area contributed by atoms with Crippen LogP contribution in [0.5, 0.6) is 0 Å². The third kappa shape index (κ3) is 4.19. The third-order valence-corrected chi connectivity index (χ3v) is 2.60. The van der Waals surface area contributed by atoms with Crippen molar-refractivity contribution >= 4 is 5.91 Å². The molecule has 1 aromatic heterocycles. The highest BCUT2D eigenvalue weighted by atomic mass is 16.3. The molecule has 1 aromatic rings. The number of hydrogen-bond acceptors (Lipinski definition) is 3. The molecule has 17 heavy (non-hydrogen) atoms. The fraction of sp³-hybridized carbons (Fsp3) is 0.667. The van der Waals surface area contributed by atoms with Crippen molar-refractivity contribution in [3.8, 4) is 0 Å². The first-order chi connectivity index (χ1) is 7.90. The van der Waals surface area contributed by atoms with Crippen LogP contribution in [-0.2, 0) is 11.3 Å². The lowest BCUT2D eigenvalue weighted by molar-refractivity contribution is -0.131. The van der Waals surface area contributed by atoms with Gasteiger partial charge in [0, 0.05) is 32.3 Å². The molecule has 5 nitrogen and oxygen atoms in total. The molecule has 1 N–H and O–H groups in total. The molecule has 1 unspecified atom stereocenters. The van der Waals surface area contributed by atoms with E-state index in [9.17, 15) is 9.90 Å². The zero-order chi connectivity index (χ0) is 13.0. The van der Waals surface area contributed by atoms with Gasteiger partial charge in [-0.25, -0.2) is 0 Å². The minimum absolute atomic E-state index is 0.0263. The van der Waals surface area contributed by atoms with Crippen molar-refractivity contribution in [1.82, 2.24) is 14.7 Å². The molecule has 0 aliphatic heterocycles. The van der Waals surface area contributed by atoms with E-state index < -0.39 is 6.10 Å². The Bertz CT molecular complexity index is 385. The molecule has 0 spiro atoms. The van der Waals surface area contributed by atoms with Gasteiger partial charge in [-0.15, -0.1) is 0 Å². The Morgan fingerprint density at radius 3 is 2.71 bits per heavy atom. The maximum absolute atomic E-state index is 11.7. The Hall–Kier alpha value is -1.36. The summed E-state index contributed by atoms with van der Waals surface area (Å²) in [6, 6.07) is 1.99. The quantitative estimate of drug-likeness (QED) is 0.824. The first kappa shape index (κ1) is 13.7. The van der Waals surface area contributed by atoms with Crippen LogP contribution in [0.3, 0.4) is 0 Å². The van der Waals surface area contributed by atoms with Crippen LogP contribution in [0, 0.1) is 13.8 Å². The Labute approximate surface area is 102 Å². The van der Waals surface area contributed by atoms with Gasteiger partial charge >= 0.3 is 0 Å². The van der Waals surface area contributed by atoms with Gasteiger partial charge < -0.3 is 10.0 Å². The van der Waals surface area contributed by atoms with Crippen molar-refractivity contribution in [2.24, 2.45) is 0 Å². The SMILES string of the molecule is Cc1cc(C)n(CCC(=O)N(C)CC(C)O)n1. The highest BCUT2D eigenvalue weighted by Gasteiger charge is 2.11. The molecule has 0 fully saturated rings. The van der Waals surface area contributed by atoms with Gasteiger partial charge in [-0.1, -0.05) is 0 Å².